The summed E-state index contributed by atoms with van der Waals surface area (Å²) in [6.07, 6.45) is 4.47. The minimum Gasteiger partial charge on any atom is -0.339 e. The van der Waals surface area contributed by atoms with Crippen LogP contribution in [0.15, 0.2) is 29.2 Å². The molecule has 0 spiro atoms. The van der Waals surface area contributed by atoms with Crippen LogP contribution in [0.2, 0.25) is 0 Å². The summed E-state index contributed by atoms with van der Waals surface area (Å²) < 4.78 is 0. The maximum atomic E-state index is 12.5. The number of hydrogen-bond donors (Lipinski definition) is 1. The average Bonchev–Trinajstić information content (AvgIpc) is 3.09. The van der Waals surface area contributed by atoms with E-state index in [0.29, 0.717) is 12.0 Å². The molecule has 2 aromatic heterocycles. The van der Waals surface area contributed by atoms with Crippen molar-refractivity contribution < 1.29 is 4.79 Å². The number of pyridine rings is 2. The Kier molecular flexibility index (Phi) is 4.28. The van der Waals surface area contributed by atoms with Crippen LogP contribution in [-0.2, 0) is 6.42 Å². The topological polar surface area (TPSA) is 66.1 Å². The lowest BCUT2D eigenvalue weighted by atomic mass is 10.0. The van der Waals surface area contributed by atoms with E-state index in [0.717, 1.165) is 48.4 Å². The van der Waals surface area contributed by atoms with Gasteiger partial charge in [-0.05, 0) is 44.4 Å². The number of carbonyl (C=O) groups excluding carboxylic acids is 1. The zero-order chi connectivity index (χ0) is 16.4. The van der Waals surface area contributed by atoms with Crippen LogP contribution in [0, 0.1) is 6.92 Å². The Morgan fingerprint density at radius 2 is 2.04 bits per heavy atom. The largest absolute Gasteiger partial charge is 0.339 e. The monoisotopic (exact) mass is 311 g/mol. The lowest BCUT2D eigenvalue weighted by molar-refractivity contribution is 0.0792. The van der Waals surface area contributed by atoms with Crippen molar-refractivity contribution in [2.24, 2.45) is 0 Å². The zero-order valence-electron chi connectivity index (χ0n) is 13.6. The Morgan fingerprint density at radius 3 is 2.74 bits per heavy atom. The van der Waals surface area contributed by atoms with Crippen molar-refractivity contribution in [1.29, 1.82) is 0 Å². The fourth-order valence-electron chi connectivity index (χ4n) is 3.01. The van der Waals surface area contributed by atoms with Crippen LogP contribution in [0.25, 0.3) is 11.3 Å². The summed E-state index contributed by atoms with van der Waals surface area (Å²) in [6, 6.07) is 5.45. The molecule has 3 rings (SSSR count). The number of carbonyl (C=O) groups is 1. The van der Waals surface area contributed by atoms with Crippen LogP contribution in [0.5, 0.6) is 0 Å². The molecular formula is C18H21N3O2. The number of likely N-dealkylation sites (tertiary alicyclic amines) is 1. The Bertz CT molecular complexity index is 789. The number of hydrogen-bond acceptors (Lipinski definition) is 3. The molecule has 0 aromatic carbocycles. The van der Waals surface area contributed by atoms with E-state index in [1.165, 1.54) is 0 Å². The zero-order valence-corrected chi connectivity index (χ0v) is 13.6. The molecule has 1 fully saturated rings. The molecule has 3 heterocycles. The van der Waals surface area contributed by atoms with Crippen molar-refractivity contribution in [1.82, 2.24) is 14.9 Å². The van der Waals surface area contributed by atoms with Gasteiger partial charge in [0.2, 0.25) is 0 Å². The average molecular weight is 311 g/mol. The number of amides is 1. The van der Waals surface area contributed by atoms with Crippen molar-refractivity contribution in [3.05, 3.63) is 51.6 Å². The van der Waals surface area contributed by atoms with Crippen LogP contribution in [0.4, 0.5) is 0 Å². The molecule has 1 N–H and O–H groups in total. The minimum absolute atomic E-state index is 0.0574. The summed E-state index contributed by atoms with van der Waals surface area (Å²) in [5.74, 6) is 0.0592. The first-order chi connectivity index (χ1) is 11.1. The van der Waals surface area contributed by atoms with E-state index >= 15 is 0 Å². The van der Waals surface area contributed by atoms with Crippen molar-refractivity contribution >= 4 is 5.91 Å². The predicted molar refractivity (Wildman–Crippen MR) is 89.5 cm³/mol. The van der Waals surface area contributed by atoms with E-state index in [1.807, 2.05) is 30.9 Å². The first-order valence-electron chi connectivity index (χ1n) is 8.08. The van der Waals surface area contributed by atoms with Gasteiger partial charge in [-0.15, -0.1) is 0 Å². The van der Waals surface area contributed by atoms with Crippen molar-refractivity contribution in [2.45, 2.75) is 33.1 Å². The van der Waals surface area contributed by atoms with E-state index in [-0.39, 0.29) is 11.5 Å². The third-order valence-electron chi connectivity index (χ3n) is 4.37. The van der Waals surface area contributed by atoms with Gasteiger partial charge in [0.1, 0.15) is 0 Å². The summed E-state index contributed by atoms with van der Waals surface area (Å²) in [4.78, 5) is 33.5. The molecule has 0 bridgehead atoms. The molecule has 23 heavy (non-hydrogen) atoms. The molecule has 0 atom stereocenters. The fraction of sp³-hybridized carbons (Fsp3) is 0.389. The quantitative estimate of drug-likeness (QED) is 0.947. The van der Waals surface area contributed by atoms with Crippen LogP contribution >= 0.6 is 0 Å². The lowest BCUT2D eigenvalue weighted by Crippen LogP contribution is -2.27. The van der Waals surface area contributed by atoms with Gasteiger partial charge < -0.3 is 9.88 Å². The highest BCUT2D eigenvalue weighted by Gasteiger charge is 2.20. The molecule has 0 radical (unpaired) electrons. The Balaban J connectivity index is 2.00. The second kappa shape index (κ2) is 6.36. The van der Waals surface area contributed by atoms with Gasteiger partial charge in [-0.25, -0.2) is 0 Å². The molecule has 0 saturated carbocycles. The molecule has 1 aliphatic rings. The Hall–Kier alpha value is -2.43. The number of aryl methyl sites for hydroxylation is 2. The smallest absolute Gasteiger partial charge is 0.253 e. The third-order valence-corrected chi connectivity index (χ3v) is 4.37. The van der Waals surface area contributed by atoms with Gasteiger partial charge in [-0.1, -0.05) is 6.92 Å². The first-order valence-corrected chi connectivity index (χ1v) is 8.08. The summed E-state index contributed by atoms with van der Waals surface area (Å²) >= 11 is 0. The second-order valence-electron chi connectivity index (χ2n) is 5.94. The number of nitrogens with zero attached hydrogens (tertiary/aromatic N) is 2. The fourth-order valence-corrected chi connectivity index (χ4v) is 3.01. The van der Waals surface area contributed by atoms with Gasteiger partial charge in [0.25, 0.3) is 11.5 Å². The van der Waals surface area contributed by atoms with E-state index in [1.54, 1.807) is 12.3 Å². The van der Waals surface area contributed by atoms with E-state index < -0.39 is 0 Å². The molecule has 120 valence electrons. The highest BCUT2D eigenvalue weighted by Crippen LogP contribution is 2.22. The van der Waals surface area contributed by atoms with Gasteiger partial charge in [0.15, 0.2) is 0 Å². The van der Waals surface area contributed by atoms with Crippen molar-refractivity contribution in [3.63, 3.8) is 0 Å². The van der Waals surface area contributed by atoms with E-state index in [2.05, 4.69) is 9.97 Å². The summed E-state index contributed by atoms with van der Waals surface area (Å²) in [7, 11) is 0. The number of nitrogens with one attached hydrogen (secondary N) is 1. The molecule has 0 unspecified atom stereocenters. The molecule has 1 amide bonds. The van der Waals surface area contributed by atoms with Gasteiger partial charge in [-0.2, -0.15) is 0 Å². The predicted octanol–water partition coefficient (Wildman–Crippen LogP) is 2.54. The van der Waals surface area contributed by atoms with Crippen molar-refractivity contribution in [2.75, 3.05) is 13.1 Å². The van der Waals surface area contributed by atoms with Crippen LogP contribution < -0.4 is 5.56 Å². The molecule has 2 aromatic rings. The van der Waals surface area contributed by atoms with Gasteiger partial charge in [0.05, 0.1) is 5.69 Å². The molecule has 5 nitrogen and oxygen atoms in total. The second-order valence-corrected chi connectivity index (χ2v) is 5.94. The normalized spacial score (nSPS) is 14.3. The summed E-state index contributed by atoms with van der Waals surface area (Å²) in [6.45, 7) is 5.46. The summed E-state index contributed by atoms with van der Waals surface area (Å²) in [5.41, 5.74) is 3.68. The minimum atomic E-state index is -0.0574. The number of aromatic nitrogens is 2. The highest BCUT2D eigenvalue weighted by atomic mass is 16.2. The lowest BCUT2D eigenvalue weighted by Gasteiger charge is -2.15. The molecule has 0 aliphatic carbocycles. The molecule has 1 saturated heterocycles. The number of aromatic amines is 1. The molecular weight excluding hydrogens is 290 g/mol. The maximum absolute atomic E-state index is 12.5. The van der Waals surface area contributed by atoms with Gasteiger partial charge >= 0.3 is 0 Å². The number of rotatable bonds is 3. The third kappa shape index (κ3) is 3.04. The summed E-state index contributed by atoms with van der Waals surface area (Å²) in [5, 5.41) is 0. The van der Waals surface area contributed by atoms with Crippen LogP contribution in [0.3, 0.4) is 0 Å². The van der Waals surface area contributed by atoms with Gasteiger partial charge in [-0.3, -0.25) is 14.6 Å². The van der Waals surface area contributed by atoms with E-state index in [9.17, 15) is 9.59 Å². The standard InChI is InChI=1S/C18H21N3O2/c1-3-13-10-15(12(2)20-17(13)22)16-11-14(6-7-19-16)18(23)21-8-4-5-9-21/h6-7,10-11H,3-5,8-9H2,1-2H3,(H,20,22). The number of H-pyrrole nitrogens is 1. The maximum Gasteiger partial charge on any atom is 0.253 e. The first kappa shape index (κ1) is 15.5. The highest BCUT2D eigenvalue weighted by molar-refractivity contribution is 5.95. The Labute approximate surface area is 135 Å². The van der Waals surface area contributed by atoms with Crippen LogP contribution in [0.1, 0.15) is 41.4 Å². The van der Waals surface area contributed by atoms with E-state index in [4.69, 9.17) is 0 Å². The van der Waals surface area contributed by atoms with Crippen LogP contribution in [-0.4, -0.2) is 33.9 Å². The molecule has 1 aliphatic heterocycles. The molecule has 5 heteroatoms. The Morgan fingerprint density at radius 1 is 1.30 bits per heavy atom. The SMILES string of the molecule is CCc1cc(-c2cc(C(=O)N3CCCC3)ccn2)c(C)[nH]c1=O. The van der Waals surface area contributed by atoms with Gasteiger partial charge in [0, 0.05) is 41.7 Å². The van der Waals surface area contributed by atoms with Crippen molar-refractivity contribution in [3.8, 4) is 11.3 Å².